The predicted octanol–water partition coefficient (Wildman–Crippen LogP) is 0.945. The highest BCUT2D eigenvalue weighted by molar-refractivity contribution is 5.96. The first-order chi connectivity index (χ1) is 10.1. The maximum absolute atomic E-state index is 12.7. The van der Waals surface area contributed by atoms with Crippen LogP contribution in [0.2, 0.25) is 0 Å². The van der Waals surface area contributed by atoms with Crippen LogP contribution < -0.4 is 10.3 Å². The van der Waals surface area contributed by atoms with Crippen LogP contribution in [0.3, 0.4) is 0 Å². The van der Waals surface area contributed by atoms with E-state index in [1.54, 1.807) is 18.1 Å². The van der Waals surface area contributed by atoms with Crippen molar-refractivity contribution in [3.05, 3.63) is 57.8 Å². The number of amides is 1. The predicted molar refractivity (Wildman–Crippen MR) is 76.0 cm³/mol. The van der Waals surface area contributed by atoms with Gasteiger partial charge in [-0.15, -0.1) is 0 Å². The lowest BCUT2D eigenvalue weighted by Gasteiger charge is -2.17. The van der Waals surface area contributed by atoms with Crippen molar-refractivity contribution in [1.82, 2.24) is 14.5 Å². The lowest BCUT2D eigenvalue weighted by Crippen LogP contribution is -2.28. The molecular formula is C15H15N3O3. The summed E-state index contributed by atoms with van der Waals surface area (Å²) in [4.78, 5) is 30.3. The highest BCUT2D eigenvalue weighted by Crippen LogP contribution is 2.25. The molecule has 0 spiro atoms. The largest absolute Gasteiger partial charge is 0.496 e. The molecule has 108 valence electrons. The van der Waals surface area contributed by atoms with Gasteiger partial charge in [0.1, 0.15) is 5.75 Å². The molecule has 0 saturated heterocycles. The smallest absolute Gasteiger partial charge is 0.259 e. The van der Waals surface area contributed by atoms with E-state index >= 15 is 0 Å². The molecule has 0 bridgehead atoms. The van der Waals surface area contributed by atoms with E-state index in [9.17, 15) is 9.59 Å². The number of carbonyl (C=O) groups excluding carboxylic acids is 1. The van der Waals surface area contributed by atoms with Crippen LogP contribution >= 0.6 is 0 Å². The Morgan fingerprint density at radius 1 is 1.38 bits per heavy atom. The number of rotatable bonds is 2. The Kier molecular flexibility index (Phi) is 3.21. The topological polar surface area (TPSA) is 64.4 Å². The number of aryl methyl sites for hydroxylation is 1. The highest BCUT2D eigenvalue weighted by Gasteiger charge is 2.27. The van der Waals surface area contributed by atoms with Crippen molar-refractivity contribution >= 4 is 5.91 Å². The summed E-state index contributed by atoms with van der Waals surface area (Å²) in [7, 11) is 3.06. The van der Waals surface area contributed by atoms with E-state index in [1.807, 2.05) is 12.1 Å². The Balaban J connectivity index is 1.94. The molecule has 0 aliphatic carbocycles. The van der Waals surface area contributed by atoms with Gasteiger partial charge in [-0.2, -0.15) is 0 Å². The molecule has 0 saturated carbocycles. The Labute approximate surface area is 121 Å². The number of ether oxygens (including phenoxy) is 1. The first-order valence-electron chi connectivity index (χ1n) is 6.57. The van der Waals surface area contributed by atoms with Crippen molar-refractivity contribution in [3.8, 4) is 5.75 Å². The van der Waals surface area contributed by atoms with Crippen molar-refractivity contribution < 1.29 is 9.53 Å². The first-order valence-corrected chi connectivity index (χ1v) is 6.57. The molecule has 6 nitrogen and oxygen atoms in total. The molecule has 1 amide bonds. The summed E-state index contributed by atoms with van der Waals surface area (Å²) in [5, 5.41) is 0. The van der Waals surface area contributed by atoms with Crippen LogP contribution in [-0.4, -0.2) is 27.5 Å². The summed E-state index contributed by atoms with van der Waals surface area (Å²) < 4.78 is 6.53. The van der Waals surface area contributed by atoms with Crippen LogP contribution in [0.1, 0.15) is 21.6 Å². The minimum Gasteiger partial charge on any atom is -0.496 e. The van der Waals surface area contributed by atoms with Gasteiger partial charge in [0.2, 0.25) is 0 Å². The van der Waals surface area contributed by atoms with Gasteiger partial charge in [0.25, 0.3) is 11.5 Å². The van der Waals surface area contributed by atoms with Gasteiger partial charge in [0, 0.05) is 32.1 Å². The van der Waals surface area contributed by atoms with Crippen molar-refractivity contribution in [1.29, 1.82) is 0 Å². The average molecular weight is 285 g/mol. The average Bonchev–Trinajstić information content (AvgIpc) is 2.92. The fourth-order valence-corrected chi connectivity index (χ4v) is 2.46. The summed E-state index contributed by atoms with van der Waals surface area (Å²) in [6.45, 7) is 0.995. The standard InChI is InChI=1S/C15H15N3O3/c1-17-8-11(13(21-2)6-14(17)19)15(20)18-7-10-4-3-5-16-12(10)9-18/h3-6,8H,7,9H2,1-2H3. The molecule has 0 atom stereocenters. The van der Waals surface area contributed by atoms with E-state index in [1.165, 1.54) is 23.9 Å². The molecule has 3 heterocycles. The minimum absolute atomic E-state index is 0.166. The van der Waals surface area contributed by atoms with Gasteiger partial charge in [-0.1, -0.05) is 6.07 Å². The summed E-state index contributed by atoms with van der Waals surface area (Å²) >= 11 is 0. The zero-order valence-corrected chi connectivity index (χ0v) is 11.9. The molecule has 0 fully saturated rings. The quantitative estimate of drug-likeness (QED) is 0.824. The van der Waals surface area contributed by atoms with Gasteiger partial charge in [0.15, 0.2) is 0 Å². The minimum atomic E-state index is -0.213. The van der Waals surface area contributed by atoms with E-state index < -0.39 is 0 Å². The second-order valence-electron chi connectivity index (χ2n) is 4.98. The molecule has 2 aromatic rings. The molecule has 21 heavy (non-hydrogen) atoms. The molecule has 2 aromatic heterocycles. The van der Waals surface area contributed by atoms with E-state index in [0.717, 1.165) is 11.3 Å². The number of hydrogen-bond donors (Lipinski definition) is 0. The van der Waals surface area contributed by atoms with Crippen LogP contribution in [0.25, 0.3) is 0 Å². The maximum Gasteiger partial charge on any atom is 0.259 e. The Morgan fingerprint density at radius 3 is 2.90 bits per heavy atom. The molecule has 1 aliphatic rings. The van der Waals surface area contributed by atoms with Gasteiger partial charge in [0.05, 0.1) is 24.9 Å². The number of nitrogens with zero attached hydrogens (tertiary/aromatic N) is 3. The Morgan fingerprint density at radius 2 is 2.19 bits per heavy atom. The molecule has 0 radical (unpaired) electrons. The van der Waals surface area contributed by atoms with Gasteiger partial charge in [-0.05, 0) is 11.6 Å². The summed E-state index contributed by atoms with van der Waals surface area (Å²) in [6.07, 6.45) is 3.24. The van der Waals surface area contributed by atoms with Crippen LogP contribution in [0.4, 0.5) is 0 Å². The Hall–Kier alpha value is -2.63. The second-order valence-corrected chi connectivity index (χ2v) is 4.98. The van der Waals surface area contributed by atoms with Crippen LogP contribution in [0, 0.1) is 0 Å². The molecule has 0 unspecified atom stereocenters. The Bertz CT molecular complexity index is 742. The third kappa shape index (κ3) is 2.29. The molecule has 0 aromatic carbocycles. The maximum atomic E-state index is 12.7. The zero-order valence-electron chi connectivity index (χ0n) is 11.9. The van der Waals surface area contributed by atoms with Crippen molar-refractivity contribution in [2.45, 2.75) is 13.1 Å². The van der Waals surface area contributed by atoms with Crippen LogP contribution in [0.15, 0.2) is 35.4 Å². The summed E-state index contributed by atoms with van der Waals surface area (Å²) in [5.41, 5.74) is 2.13. The number of aromatic nitrogens is 2. The highest BCUT2D eigenvalue weighted by atomic mass is 16.5. The fourth-order valence-electron chi connectivity index (χ4n) is 2.46. The lowest BCUT2D eigenvalue weighted by atomic mass is 10.2. The van der Waals surface area contributed by atoms with E-state index in [0.29, 0.717) is 24.4 Å². The third-order valence-corrected chi connectivity index (χ3v) is 3.61. The number of methoxy groups -OCH3 is 1. The van der Waals surface area contributed by atoms with E-state index in [2.05, 4.69) is 4.98 Å². The normalized spacial score (nSPS) is 13.1. The number of hydrogen-bond acceptors (Lipinski definition) is 4. The van der Waals surface area contributed by atoms with Crippen molar-refractivity contribution in [2.75, 3.05) is 7.11 Å². The first kappa shape index (κ1) is 13.4. The molecule has 1 aliphatic heterocycles. The number of carbonyl (C=O) groups is 1. The van der Waals surface area contributed by atoms with Crippen molar-refractivity contribution in [2.24, 2.45) is 7.05 Å². The molecule has 3 rings (SSSR count). The molecular weight excluding hydrogens is 270 g/mol. The fraction of sp³-hybridized carbons (Fsp3) is 0.267. The van der Waals surface area contributed by atoms with Gasteiger partial charge < -0.3 is 14.2 Å². The third-order valence-electron chi connectivity index (χ3n) is 3.61. The van der Waals surface area contributed by atoms with E-state index in [-0.39, 0.29) is 11.5 Å². The lowest BCUT2D eigenvalue weighted by molar-refractivity contribution is 0.0746. The van der Waals surface area contributed by atoms with Gasteiger partial charge in [-0.25, -0.2) is 0 Å². The SMILES string of the molecule is COc1cc(=O)n(C)cc1C(=O)N1Cc2cccnc2C1. The summed E-state index contributed by atoms with van der Waals surface area (Å²) in [6, 6.07) is 5.15. The number of fused-ring (bicyclic) bond motifs is 1. The van der Waals surface area contributed by atoms with Crippen LogP contribution in [0.5, 0.6) is 5.75 Å². The van der Waals surface area contributed by atoms with Gasteiger partial charge in [-0.3, -0.25) is 14.6 Å². The van der Waals surface area contributed by atoms with Crippen molar-refractivity contribution in [3.63, 3.8) is 0 Å². The number of pyridine rings is 2. The molecule has 6 heteroatoms. The second kappa shape index (κ2) is 5.05. The monoisotopic (exact) mass is 285 g/mol. The summed E-state index contributed by atoms with van der Waals surface area (Å²) in [5.74, 6) is 0.132. The van der Waals surface area contributed by atoms with Crippen LogP contribution in [-0.2, 0) is 20.1 Å². The molecule has 0 N–H and O–H groups in total. The zero-order chi connectivity index (χ0) is 15.0. The van der Waals surface area contributed by atoms with Gasteiger partial charge >= 0.3 is 0 Å². The van der Waals surface area contributed by atoms with E-state index in [4.69, 9.17) is 4.74 Å².